The Labute approximate surface area is 115 Å². The van der Waals surface area contributed by atoms with Gasteiger partial charge in [0.15, 0.2) is 9.84 Å². The molecule has 1 aliphatic rings. The first kappa shape index (κ1) is 14.3. The second-order valence-electron chi connectivity index (χ2n) is 5.19. The normalized spacial score (nSPS) is 23.2. The van der Waals surface area contributed by atoms with Gasteiger partial charge in [-0.05, 0) is 33.4 Å². The zero-order chi connectivity index (χ0) is 14.0. The van der Waals surface area contributed by atoms with Crippen LogP contribution in [0.5, 0.6) is 5.75 Å². The van der Waals surface area contributed by atoms with Gasteiger partial charge in [0.2, 0.25) is 0 Å². The van der Waals surface area contributed by atoms with Gasteiger partial charge in [-0.1, -0.05) is 17.7 Å². The second-order valence-corrected chi connectivity index (χ2v) is 7.42. The van der Waals surface area contributed by atoms with Gasteiger partial charge in [0, 0.05) is 11.6 Å². The third kappa shape index (κ3) is 3.48. The van der Waals surface area contributed by atoms with Crippen molar-refractivity contribution in [3.63, 3.8) is 0 Å². The maximum absolute atomic E-state index is 11.5. The second kappa shape index (κ2) is 5.51. The minimum atomic E-state index is -2.90. The molecule has 0 spiro atoms. The molecule has 0 radical (unpaired) electrons. The Bertz CT molecular complexity index is 554. The van der Waals surface area contributed by atoms with Crippen molar-refractivity contribution >= 4 is 9.84 Å². The molecule has 2 atom stereocenters. The molecule has 1 aromatic rings. The molecule has 0 aliphatic carbocycles. The third-order valence-corrected chi connectivity index (χ3v) is 5.29. The zero-order valence-electron chi connectivity index (χ0n) is 11.6. The van der Waals surface area contributed by atoms with E-state index in [1.807, 2.05) is 26.1 Å². The van der Waals surface area contributed by atoms with Crippen molar-refractivity contribution in [1.29, 1.82) is 0 Å². The molecule has 1 aliphatic heterocycles. The van der Waals surface area contributed by atoms with Crippen LogP contribution in [-0.2, 0) is 9.84 Å². The number of nitrogens with one attached hydrogen (secondary N) is 1. The summed E-state index contributed by atoms with van der Waals surface area (Å²) < 4.78 is 28.8. The van der Waals surface area contributed by atoms with Gasteiger partial charge in [-0.15, -0.1) is 0 Å². The first-order valence-electron chi connectivity index (χ1n) is 6.56. The van der Waals surface area contributed by atoms with E-state index in [4.69, 9.17) is 4.74 Å². The summed E-state index contributed by atoms with van der Waals surface area (Å²) in [5, 5.41) is 3.19. The molecule has 0 amide bonds. The van der Waals surface area contributed by atoms with Crippen molar-refractivity contribution in [3.8, 4) is 5.75 Å². The molecule has 0 bridgehead atoms. The fourth-order valence-corrected chi connectivity index (χ4v) is 3.89. The van der Waals surface area contributed by atoms with Gasteiger partial charge < -0.3 is 10.1 Å². The van der Waals surface area contributed by atoms with Crippen LogP contribution in [0.2, 0.25) is 0 Å². The molecule has 4 nitrogen and oxygen atoms in total. The van der Waals surface area contributed by atoms with E-state index in [0.29, 0.717) is 6.42 Å². The highest BCUT2D eigenvalue weighted by atomic mass is 32.2. The Hall–Kier alpha value is -1.07. The summed E-state index contributed by atoms with van der Waals surface area (Å²) in [6.45, 7) is 4.10. The van der Waals surface area contributed by atoms with E-state index < -0.39 is 9.84 Å². The average molecular weight is 283 g/mol. The number of hydrogen-bond donors (Lipinski definition) is 1. The monoisotopic (exact) mass is 283 g/mol. The number of aryl methyl sites for hydroxylation is 1. The van der Waals surface area contributed by atoms with Crippen molar-refractivity contribution in [3.05, 3.63) is 29.3 Å². The molecular formula is C14H21NO3S. The molecule has 1 N–H and O–H groups in total. The van der Waals surface area contributed by atoms with Crippen LogP contribution in [0.3, 0.4) is 0 Å². The standard InChI is InChI=1S/C14H21NO3S/c1-10-4-5-14(13(8-10)11(2)15-3)18-12-6-7-19(16,17)9-12/h4-5,8,11-12,15H,6-7,9H2,1-3H3. The fraction of sp³-hybridized carbons (Fsp3) is 0.571. The molecule has 5 heteroatoms. The summed E-state index contributed by atoms with van der Waals surface area (Å²) in [4.78, 5) is 0. The minimum absolute atomic E-state index is 0.133. The Morgan fingerprint density at radius 3 is 2.74 bits per heavy atom. The molecule has 1 aromatic carbocycles. The summed E-state index contributed by atoms with van der Waals surface area (Å²) >= 11 is 0. The Kier molecular flexibility index (Phi) is 4.16. The van der Waals surface area contributed by atoms with Gasteiger partial charge in [0.05, 0.1) is 11.5 Å². The molecule has 0 saturated carbocycles. The Balaban J connectivity index is 2.20. The van der Waals surface area contributed by atoms with Crippen molar-refractivity contribution in [2.45, 2.75) is 32.4 Å². The molecule has 106 valence electrons. The molecular weight excluding hydrogens is 262 g/mol. The summed E-state index contributed by atoms with van der Waals surface area (Å²) in [6, 6.07) is 6.18. The first-order chi connectivity index (χ1) is 8.91. The number of ether oxygens (including phenoxy) is 1. The van der Waals surface area contributed by atoms with E-state index >= 15 is 0 Å². The smallest absolute Gasteiger partial charge is 0.154 e. The molecule has 2 rings (SSSR count). The number of rotatable bonds is 4. The summed E-state index contributed by atoms with van der Waals surface area (Å²) in [6.07, 6.45) is 0.374. The van der Waals surface area contributed by atoms with Crippen LogP contribution in [0, 0.1) is 6.92 Å². The SMILES string of the molecule is CNC(C)c1cc(C)ccc1OC1CCS(=O)(=O)C1. The lowest BCUT2D eigenvalue weighted by molar-refractivity contribution is 0.225. The van der Waals surface area contributed by atoms with Crippen molar-refractivity contribution < 1.29 is 13.2 Å². The third-order valence-electron chi connectivity index (χ3n) is 3.55. The largest absolute Gasteiger partial charge is 0.489 e. The number of benzene rings is 1. The Morgan fingerprint density at radius 1 is 1.42 bits per heavy atom. The number of hydrogen-bond acceptors (Lipinski definition) is 4. The molecule has 19 heavy (non-hydrogen) atoms. The van der Waals surface area contributed by atoms with Crippen LogP contribution in [0.25, 0.3) is 0 Å². The zero-order valence-corrected chi connectivity index (χ0v) is 12.5. The lowest BCUT2D eigenvalue weighted by Crippen LogP contribution is -2.20. The van der Waals surface area contributed by atoms with Crippen molar-refractivity contribution in [2.75, 3.05) is 18.6 Å². The van der Waals surface area contributed by atoms with Gasteiger partial charge in [-0.3, -0.25) is 0 Å². The van der Waals surface area contributed by atoms with Gasteiger partial charge >= 0.3 is 0 Å². The minimum Gasteiger partial charge on any atom is -0.489 e. The van der Waals surface area contributed by atoms with Crippen LogP contribution in [0.15, 0.2) is 18.2 Å². The molecule has 1 saturated heterocycles. The summed E-state index contributed by atoms with van der Waals surface area (Å²) in [5.74, 6) is 1.16. The first-order valence-corrected chi connectivity index (χ1v) is 8.38. The van der Waals surface area contributed by atoms with E-state index in [1.54, 1.807) is 0 Å². The van der Waals surface area contributed by atoms with Crippen LogP contribution in [0.4, 0.5) is 0 Å². The van der Waals surface area contributed by atoms with Crippen molar-refractivity contribution in [1.82, 2.24) is 5.32 Å². The molecule has 0 aromatic heterocycles. The predicted molar refractivity (Wildman–Crippen MR) is 76.3 cm³/mol. The quantitative estimate of drug-likeness (QED) is 0.916. The highest BCUT2D eigenvalue weighted by Gasteiger charge is 2.30. The average Bonchev–Trinajstić information content (AvgIpc) is 2.70. The highest BCUT2D eigenvalue weighted by molar-refractivity contribution is 7.91. The van der Waals surface area contributed by atoms with Crippen LogP contribution >= 0.6 is 0 Å². The highest BCUT2D eigenvalue weighted by Crippen LogP contribution is 2.29. The maximum atomic E-state index is 11.5. The molecule has 2 unspecified atom stereocenters. The maximum Gasteiger partial charge on any atom is 0.154 e. The lowest BCUT2D eigenvalue weighted by Gasteiger charge is -2.20. The van der Waals surface area contributed by atoms with Gasteiger partial charge in [-0.2, -0.15) is 0 Å². The van der Waals surface area contributed by atoms with E-state index in [2.05, 4.69) is 18.3 Å². The molecule has 1 heterocycles. The Morgan fingerprint density at radius 2 is 2.16 bits per heavy atom. The van der Waals surface area contributed by atoms with Crippen LogP contribution in [-0.4, -0.2) is 33.1 Å². The lowest BCUT2D eigenvalue weighted by atomic mass is 10.0. The summed E-state index contributed by atoms with van der Waals surface area (Å²) in [5.41, 5.74) is 2.25. The number of sulfone groups is 1. The predicted octanol–water partition coefficient (Wildman–Crippen LogP) is 1.84. The van der Waals surface area contributed by atoms with E-state index in [9.17, 15) is 8.42 Å². The van der Waals surface area contributed by atoms with Crippen molar-refractivity contribution in [2.24, 2.45) is 0 Å². The summed E-state index contributed by atoms with van der Waals surface area (Å²) in [7, 11) is -1.00. The fourth-order valence-electron chi connectivity index (χ4n) is 2.30. The van der Waals surface area contributed by atoms with Gasteiger partial charge in [-0.25, -0.2) is 8.42 Å². The van der Waals surface area contributed by atoms with Crippen LogP contribution in [0.1, 0.15) is 30.5 Å². The topological polar surface area (TPSA) is 55.4 Å². The van der Waals surface area contributed by atoms with E-state index in [0.717, 1.165) is 11.3 Å². The van der Waals surface area contributed by atoms with Gasteiger partial charge in [0.25, 0.3) is 0 Å². The van der Waals surface area contributed by atoms with E-state index in [1.165, 1.54) is 5.56 Å². The van der Waals surface area contributed by atoms with E-state index in [-0.39, 0.29) is 23.7 Å². The molecule has 1 fully saturated rings. The van der Waals surface area contributed by atoms with Crippen LogP contribution < -0.4 is 10.1 Å². The van der Waals surface area contributed by atoms with Gasteiger partial charge in [0.1, 0.15) is 11.9 Å².